The van der Waals surface area contributed by atoms with Crippen LogP contribution in [0.2, 0.25) is 0 Å². The average molecular weight is 713 g/mol. The van der Waals surface area contributed by atoms with E-state index in [-0.39, 0.29) is 45.5 Å². The Labute approximate surface area is 300 Å². The summed E-state index contributed by atoms with van der Waals surface area (Å²) in [5.41, 5.74) is 6.31. The Morgan fingerprint density at radius 2 is 1.04 bits per heavy atom. The van der Waals surface area contributed by atoms with Crippen LogP contribution < -0.4 is 0 Å². The van der Waals surface area contributed by atoms with E-state index in [1.165, 1.54) is 22.7 Å². The summed E-state index contributed by atoms with van der Waals surface area (Å²) in [6, 6.07) is 21.6. The molecule has 238 valence electrons. The van der Waals surface area contributed by atoms with Crippen LogP contribution in [0.4, 0.5) is 10.0 Å². The Morgan fingerprint density at radius 3 is 1.41 bits per heavy atom. The van der Waals surface area contributed by atoms with Gasteiger partial charge in [-0.3, -0.25) is 9.59 Å². The first-order valence-corrected chi connectivity index (χ1v) is 17.7. The maximum atomic E-state index is 13.5. The van der Waals surface area contributed by atoms with Crippen molar-refractivity contribution in [2.45, 2.75) is 0 Å². The van der Waals surface area contributed by atoms with Crippen LogP contribution >= 0.6 is 34.0 Å². The van der Waals surface area contributed by atoms with Gasteiger partial charge in [0.05, 0.1) is 66.1 Å². The van der Waals surface area contributed by atoms with Gasteiger partial charge in [0.25, 0.3) is 11.4 Å². The van der Waals surface area contributed by atoms with Crippen LogP contribution in [0.3, 0.4) is 0 Å². The van der Waals surface area contributed by atoms with Crippen molar-refractivity contribution in [3.8, 4) is 12.1 Å². The quantitative estimate of drug-likeness (QED) is 0.131. The van der Waals surface area contributed by atoms with Gasteiger partial charge >= 0.3 is 0 Å². The fraction of sp³-hybridized carbons (Fsp3) is 0.0526. The molecule has 2 aliphatic carbocycles. The number of fused-ring (bicyclic) bond motifs is 9. The Kier molecular flexibility index (Phi) is 6.47. The lowest BCUT2D eigenvalue weighted by molar-refractivity contribution is 0.106. The number of benzene rings is 2. The third kappa shape index (κ3) is 4.03. The number of carbonyl (C=O) groups excluding carboxylic acids is 2. The first-order valence-electron chi connectivity index (χ1n) is 15.2. The zero-order valence-corrected chi connectivity index (χ0v) is 28.8. The molecule has 0 bridgehead atoms. The maximum Gasteiger partial charge on any atom is 0.271 e. The van der Waals surface area contributed by atoms with Crippen LogP contribution in [0.25, 0.3) is 61.7 Å². The van der Waals surface area contributed by atoms with Gasteiger partial charge in [0.15, 0.2) is 0 Å². The molecule has 0 atom stereocenters. The number of allylic oxidation sites excluding steroid dienone is 4. The van der Waals surface area contributed by atoms with E-state index >= 15 is 0 Å². The summed E-state index contributed by atoms with van der Waals surface area (Å²) >= 11 is 4.54. The minimum Gasteiger partial charge on any atom is -0.340 e. The average Bonchev–Trinajstić information content (AvgIpc) is 4.00. The molecule has 13 heteroatoms. The highest BCUT2D eigenvalue weighted by Crippen LogP contribution is 2.51. The summed E-state index contributed by atoms with van der Waals surface area (Å²) in [5, 5.41) is 20.6. The van der Waals surface area contributed by atoms with Crippen molar-refractivity contribution < 1.29 is 9.59 Å². The second kappa shape index (κ2) is 10.9. The maximum absolute atomic E-state index is 13.5. The molecule has 0 fully saturated rings. The minimum absolute atomic E-state index is 0.0949. The fourth-order valence-corrected chi connectivity index (χ4v) is 10.8. The standard InChI is InChI=1S/C38H16N8O2S3/c1-41-21(15-39)27-17-9-5-7-11-19(17)33(47)29(27)43-25-13-23-35(49-25)37-31(45(23)3)32-38(51-37)36-24(46(32)4)14-26(50-36)44-30-28(22(16-40)42-2)18-10-6-8-12-20(18)34(30)48/h5-14H,3-4H3/b27-21+,28-22?,43-29?,44-30?. The van der Waals surface area contributed by atoms with Gasteiger partial charge in [-0.05, 0) is 23.3 Å². The lowest BCUT2D eigenvalue weighted by atomic mass is 10.1. The first kappa shape index (κ1) is 30.3. The van der Waals surface area contributed by atoms with Gasteiger partial charge in [-0.25, -0.2) is 30.2 Å². The Morgan fingerprint density at radius 1 is 0.647 bits per heavy atom. The van der Waals surface area contributed by atoms with Crippen LogP contribution in [0, 0.1) is 35.8 Å². The number of aryl methyl sites for hydroxylation is 2. The second-order valence-electron chi connectivity index (χ2n) is 11.7. The molecule has 5 heterocycles. The van der Waals surface area contributed by atoms with Gasteiger partial charge in [-0.2, -0.15) is 0 Å². The van der Waals surface area contributed by atoms with Gasteiger partial charge < -0.3 is 9.13 Å². The molecule has 0 aliphatic heterocycles. The monoisotopic (exact) mass is 712 g/mol. The van der Waals surface area contributed by atoms with E-state index in [1.807, 2.05) is 38.4 Å². The summed E-state index contributed by atoms with van der Waals surface area (Å²) in [5.74, 6) is -0.630. The molecule has 2 aromatic carbocycles. The van der Waals surface area contributed by atoms with E-state index < -0.39 is 0 Å². The smallest absolute Gasteiger partial charge is 0.271 e. The highest BCUT2D eigenvalue weighted by atomic mass is 32.1. The molecule has 0 amide bonds. The number of carbonyl (C=O) groups is 2. The lowest BCUT2D eigenvalue weighted by Gasteiger charge is -2.01. The van der Waals surface area contributed by atoms with E-state index in [1.54, 1.807) is 59.9 Å². The normalized spacial score (nSPS) is 17.4. The molecular formula is C38H16N8O2S3. The predicted molar refractivity (Wildman–Crippen MR) is 202 cm³/mol. The zero-order valence-electron chi connectivity index (χ0n) is 26.4. The largest absolute Gasteiger partial charge is 0.340 e. The summed E-state index contributed by atoms with van der Waals surface area (Å²) < 4.78 is 8.37. The molecule has 0 saturated heterocycles. The molecule has 0 spiro atoms. The van der Waals surface area contributed by atoms with Gasteiger partial charge in [0.2, 0.25) is 11.6 Å². The number of hydrogen-bond acceptors (Lipinski definition) is 9. The van der Waals surface area contributed by atoms with Gasteiger partial charge in [0, 0.05) is 36.4 Å². The van der Waals surface area contributed by atoms with Gasteiger partial charge in [-0.15, -0.1) is 34.0 Å². The lowest BCUT2D eigenvalue weighted by Crippen LogP contribution is -2.07. The van der Waals surface area contributed by atoms with E-state index in [9.17, 15) is 20.1 Å². The number of Topliss-reactive ketones (excluding diaryl/α,β-unsaturated/α-hetero) is 2. The van der Waals surface area contributed by atoms with Crippen LogP contribution in [0.5, 0.6) is 0 Å². The predicted octanol–water partition coefficient (Wildman–Crippen LogP) is 9.41. The van der Waals surface area contributed by atoms with Crippen molar-refractivity contribution in [3.05, 3.63) is 117 Å². The molecule has 51 heavy (non-hydrogen) atoms. The Bertz CT molecular complexity index is 2900. The molecule has 9 rings (SSSR count). The van der Waals surface area contributed by atoms with Gasteiger partial charge in [-0.1, -0.05) is 48.5 Å². The highest BCUT2D eigenvalue weighted by Gasteiger charge is 2.35. The SMILES string of the molecule is [C-]#[N+]C(C#N)=C1C(=Nc2cc3c(s2)c2sc4c5sc(N=C6C(=O)c7ccccc7/C6=C(/C#N)[N+]#[C-])cc5n(C)c4c2n3C)C(=O)c2ccccc21. The molecule has 0 radical (unpaired) electrons. The van der Waals surface area contributed by atoms with Crippen LogP contribution in [-0.4, -0.2) is 32.1 Å². The molecule has 10 nitrogen and oxygen atoms in total. The molecule has 0 N–H and O–H groups in total. The summed E-state index contributed by atoms with van der Waals surface area (Å²) in [7, 11) is 3.99. The molecule has 2 aliphatic rings. The molecule has 5 aromatic heterocycles. The summed E-state index contributed by atoms with van der Waals surface area (Å²) in [6.07, 6.45) is 0. The molecule has 0 saturated carbocycles. The van der Waals surface area contributed by atoms with Crippen molar-refractivity contribution in [3.63, 3.8) is 0 Å². The number of aliphatic imine (C=N–C) groups is 2. The highest BCUT2D eigenvalue weighted by molar-refractivity contribution is 7.35. The first-order chi connectivity index (χ1) is 24.8. The minimum atomic E-state index is -0.315. The number of ketones is 2. The van der Waals surface area contributed by atoms with Crippen molar-refractivity contribution in [1.29, 1.82) is 10.5 Å². The zero-order chi connectivity index (χ0) is 35.3. The molecule has 0 unspecified atom stereocenters. The van der Waals surface area contributed by atoms with Gasteiger partial charge in [0.1, 0.15) is 21.4 Å². The van der Waals surface area contributed by atoms with E-state index in [0.29, 0.717) is 32.3 Å². The van der Waals surface area contributed by atoms with E-state index in [0.717, 1.165) is 40.9 Å². The second-order valence-corrected chi connectivity index (χ2v) is 14.8. The Balaban J connectivity index is 1.19. The van der Waals surface area contributed by atoms with Crippen molar-refractivity contribution in [1.82, 2.24) is 9.13 Å². The fourth-order valence-electron chi connectivity index (χ4n) is 6.98. The number of rotatable bonds is 2. The number of thiophene rings is 3. The number of nitriles is 2. The summed E-state index contributed by atoms with van der Waals surface area (Å²) in [6.45, 7) is 15.1. The topological polar surface area (TPSA) is 125 Å². The number of nitrogens with zero attached hydrogens (tertiary/aromatic N) is 8. The third-order valence-corrected chi connectivity index (χ3v) is 12.7. The third-order valence-electron chi connectivity index (χ3n) is 9.20. The van der Waals surface area contributed by atoms with Crippen LogP contribution in [-0.2, 0) is 14.1 Å². The van der Waals surface area contributed by atoms with Crippen molar-refractivity contribution in [2.75, 3.05) is 0 Å². The Hall–Kier alpha value is -6.74. The van der Waals surface area contributed by atoms with Crippen LogP contribution in [0.15, 0.2) is 82.0 Å². The molecular weight excluding hydrogens is 697 g/mol. The van der Waals surface area contributed by atoms with Crippen LogP contribution in [0.1, 0.15) is 31.8 Å². The molecule has 7 aromatic rings. The summed E-state index contributed by atoms with van der Waals surface area (Å²) in [4.78, 5) is 43.2. The van der Waals surface area contributed by atoms with Crippen molar-refractivity contribution >= 4 is 119 Å². The van der Waals surface area contributed by atoms with E-state index in [4.69, 9.17) is 23.1 Å². The number of hydrogen-bond donors (Lipinski definition) is 0. The van der Waals surface area contributed by atoms with E-state index in [2.05, 4.69) is 18.8 Å². The number of aromatic nitrogens is 2. The van der Waals surface area contributed by atoms with Crippen molar-refractivity contribution in [2.24, 2.45) is 24.1 Å².